The Bertz CT molecular complexity index is 536. The van der Waals surface area contributed by atoms with Crippen LogP contribution in [-0.2, 0) is 0 Å². The summed E-state index contributed by atoms with van der Waals surface area (Å²) < 4.78 is 13.4. The highest BCUT2D eigenvalue weighted by Crippen LogP contribution is 2.35. The van der Waals surface area contributed by atoms with Crippen molar-refractivity contribution >= 4 is 0 Å². The summed E-state index contributed by atoms with van der Waals surface area (Å²) in [4.78, 5) is 0. The summed E-state index contributed by atoms with van der Waals surface area (Å²) in [5, 5.41) is 0. The molecule has 0 radical (unpaired) electrons. The highest BCUT2D eigenvalue weighted by atomic mass is 19.1. The number of benzene rings is 1. The number of rotatable bonds is 9. The summed E-state index contributed by atoms with van der Waals surface area (Å²) in [6.07, 6.45) is 12.3. The average molecular weight is 329 g/mol. The zero-order valence-electron chi connectivity index (χ0n) is 15.6. The summed E-state index contributed by atoms with van der Waals surface area (Å²) in [5.41, 5.74) is 2.80. The van der Waals surface area contributed by atoms with Gasteiger partial charge in [-0.05, 0) is 50.0 Å². The minimum Gasteiger partial charge on any atom is -0.212 e. The van der Waals surface area contributed by atoms with Gasteiger partial charge in [-0.25, -0.2) is 4.39 Å². The van der Waals surface area contributed by atoms with Crippen LogP contribution in [0.25, 0.3) is 0 Å². The molecule has 0 spiro atoms. The standard InChI is InChI=1S/C23H33F/c1-4-23(24)16-13-18(2)19(3)17-22(15-14-20-9-8-10-20)21-11-6-5-7-12-21/h5-7,11-12,16-18,20,22H,4,8-10,13-15H2,1-3H3/b19-17+,23-16+. The molecule has 1 fully saturated rings. The first-order valence-corrected chi connectivity index (χ1v) is 9.68. The van der Waals surface area contributed by atoms with Crippen molar-refractivity contribution in [1.29, 1.82) is 0 Å². The predicted octanol–water partition coefficient (Wildman–Crippen LogP) is 7.59. The zero-order chi connectivity index (χ0) is 17.4. The first kappa shape index (κ1) is 19.0. The number of halogens is 1. The van der Waals surface area contributed by atoms with E-state index in [1.165, 1.54) is 43.2 Å². The Morgan fingerprint density at radius 2 is 1.96 bits per heavy atom. The lowest BCUT2D eigenvalue weighted by Crippen LogP contribution is -2.12. The van der Waals surface area contributed by atoms with Crippen molar-refractivity contribution in [1.82, 2.24) is 0 Å². The van der Waals surface area contributed by atoms with E-state index in [1.54, 1.807) is 6.08 Å². The van der Waals surface area contributed by atoms with Gasteiger partial charge in [-0.3, -0.25) is 0 Å². The van der Waals surface area contributed by atoms with Gasteiger partial charge in [0, 0.05) is 5.92 Å². The lowest BCUT2D eigenvalue weighted by atomic mass is 9.79. The van der Waals surface area contributed by atoms with Crippen LogP contribution >= 0.6 is 0 Å². The summed E-state index contributed by atoms with van der Waals surface area (Å²) in [6, 6.07) is 10.9. The molecule has 1 saturated carbocycles. The molecule has 2 atom stereocenters. The normalized spacial score (nSPS) is 19.0. The van der Waals surface area contributed by atoms with Crippen molar-refractivity contribution < 1.29 is 4.39 Å². The van der Waals surface area contributed by atoms with Crippen molar-refractivity contribution in [3.05, 3.63) is 59.4 Å². The van der Waals surface area contributed by atoms with Gasteiger partial charge in [0.2, 0.25) is 0 Å². The Hall–Kier alpha value is -1.37. The molecule has 132 valence electrons. The number of hydrogen-bond donors (Lipinski definition) is 0. The molecule has 0 amide bonds. The highest BCUT2D eigenvalue weighted by Gasteiger charge is 2.19. The van der Waals surface area contributed by atoms with Gasteiger partial charge in [0.1, 0.15) is 0 Å². The largest absolute Gasteiger partial charge is 0.212 e. The maximum absolute atomic E-state index is 13.4. The number of allylic oxidation sites excluding steroid dienone is 4. The second kappa shape index (κ2) is 9.81. The van der Waals surface area contributed by atoms with Crippen LogP contribution in [0.3, 0.4) is 0 Å². The van der Waals surface area contributed by atoms with Crippen LogP contribution in [0.15, 0.2) is 53.9 Å². The van der Waals surface area contributed by atoms with Crippen LogP contribution in [0.4, 0.5) is 4.39 Å². The van der Waals surface area contributed by atoms with Crippen molar-refractivity contribution in [2.45, 2.75) is 71.6 Å². The lowest BCUT2D eigenvalue weighted by Gasteiger charge is -2.27. The van der Waals surface area contributed by atoms with Crippen molar-refractivity contribution in [2.24, 2.45) is 11.8 Å². The molecule has 0 aromatic heterocycles. The van der Waals surface area contributed by atoms with Crippen molar-refractivity contribution in [2.75, 3.05) is 0 Å². The van der Waals surface area contributed by atoms with E-state index in [9.17, 15) is 4.39 Å². The van der Waals surface area contributed by atoms with Crippen molar-refractivity contribution in [3.63, 3.8) is 0 Å². The molecule has 24 heavy (non-hydrogen) atoms. The lowest BCUT2D eigenvalue weighted by molar-refractivity contribution is 0.286. The van der Waals surface area contributed by atoms with Gasteiger partial charge in [0.05, 0.1) is 5.83 Å². The maximum Gasteiger partial charge on any atom is 0.0957 e. The molecular weight excluding hydrogens is 295 g/mol. The van der Waals surface area contributed by atoms with Crippen LogP contribution in [0.2, 0.25) is 0 Å². The van der Waals surface area contributed by atoms with Crippen molar-refractivity contribution in [3.8, 4) is 0 Å². The molecule has 1 aliphatic carbocycles. The molecule has 2 unspecified atom stereocenters. The fourth-order valence-corrected chi connectivity index (χ4v) is 3.36. The summed E-state index contributed by atoms with van der Waals surface area (Å²) >= 11 is 0. The molecular formula is C23H33F. The van der Waals surface area contributed by atoms with E-state index in [-0.39, 0.29) is 5.83 Å². The molecule has 0 heterocycles. The summed E-state index contributed by atoms with van der Waals surface area (Å²) in [5.74, 6) is 1.86. The third kappa shape index (κ3) is 5.92. The van der Waals surface area contributed by atoms with Gasteiger partial charge in [-0.15, -0.1) is 0 Å². The predicted molar refractivity (Wildman–Crippen MR) is 103 cm³/mol. The number of hydrogen-bond acceptors (Lipinski definition) is 0. The van der Waals surface area contributed by atoms with E-state index in [2.05, 4.69) is 50.3 Å². The fraction of sp³-hybridized carbons (Fsp3) is 0.565. The fourth-order valence-electron chi connectivity index (χ4n) is 3.36. The molecule has 1 aromatic rings. The third-order valence-electron chi connectivity index (χ3n) is 5.61. The molecule has 0 aliphatic heterocycles. The molecule has 0 N–H and O–H groups in total. The second-order valence-corrected chi connectivity index (χ2v) is 7.44. The van der Waals surface area contributed by atoms with E-state index in [4.69, 9.17) is 0 Å². The van der Waals surface area contributed by atoms with Crippen LogP contribution in [0.1, 0.15) is 77.2 Å². The van der Waals surface area contributed by atoms with Crippen LogP contribution in [0, 0.1) is 11.8 Å². The van der Waals surface area contributed by atoms with Gasteiger partial charge >= 0.3 is 0 Å². The molecule has 0 bridgehead atoms. The van der Waals surface area contributed by atoms with Gasteiger partial charge in [-0.1, -0.05) is 81.2 Å². The Morgan fingerprint density at radius 1 is 1.25 bits per heavy atom. The van der Waals surface area contributed by atoms with Gasteiger partial charge in [-0.2, -0.15) is 0 Å². The minimum atomic E-state index is 0.0132. The first-order chi connectivity index (χ1) is 11.6. The van der Waals surface area contributed by atoms with E-state index >= 15 is 0 Å². The topological polar surface area (TPSA) is 0 Å². The quantitative estimate of drug-likeness (QED) is 0.410. The summed E-state index contributed by atoms with van der Waals surface area (Å²) in [7, 11) is 0. The average Bonchev–Trinajstić information content (AvgIpc) is 2.57. The Balaban J connectivity index is 2.04. The molecule has 1 heteroatoms. The second-order valence-electron chi connectivity index (χ2n) is 7.44. The van der Waals surface area contributed by atoms with E-state index in [0.29, 0.717) is 18.3 Å². The molecule has 1 aromatic carbocycles. The third-order valence-corrected chi connectivity index (χ3v) is 5.61. The summed E-state index contributed by atoms with van der Waals surface area (Å²) in [6.45, 7) is 6.28. The molecule has 0 saturated heterocycles. The Morgan fingerprint density at radius 3 is 2.54 bits per heavy atom. The monoisotopic (exact) mass is 328 g/mol. The molecule has 2 rings (SSSR count). The van der Waals surface area contributed by atoms with E-state index < -0.39 is 0 Å². The van der Waals surface area contributed by atoms with Crippen LogP contribution in [-0.4, -0.2) is 0 Å². The minimum absolute atomic E-state index is 0.0132. The van der Waals surface area contributed by atoms with Crippen LogP contribution in [0.5, 0.6) is 0 Å². The molecule has 1 aliphatic rings. The molecule has 0 nitrogen and oxygen atoms in total. The van der Waals surface area contributed by atoms with Crippen LogP contribution < -0.4 is 0 Å². The van der Waals surface area contributed by atoms with E-state index in [1.807, 2.05) is 6.92 Å². The SMILES string of the molecule is CC/C(F)=C\CC(C)/C(C)=C/C(CCC1CCC1)c1ccccc1. The smallest absolute Gasteiger partial charge is 0.0957 e. The van der Waals surface area contributed by atoms with Gasteiger partial charge in [0.15, 0.2) is 0 Å². The zero-order valence-corrected chi connectivity index (χ0v) is 15.6. The Kier molecular flexibility index (Phi) is 7.75. The first-order valence-electron chi connectivity index (χ1n) is 9.68. The Labute approximate surface area is 147 Å². The van der Waals surface area contributed by atoms with Gasteiger partial charge < -0.3 is 0 Å². The van der Waals surface area contributed by atoms with Gasteiger partial charge in [0.25, 0.3) is 0 Å². The highest BCUT2D eigenvalue weighted by molar-refractivity contribution is 5.26. The maximum atomic E-state index is 13.4. The van der Waals surface area contributed by atoms with E-state index in [0.717, 1.165) is 12.3 Å².